The van der Waals surface area contributed by atoms with E-state index in [-0.39, 0.29) is 5.69 Å². The molecule has 0 bridgehead atoms. The van der Waals surface area contributed by atoms with Crippen LogP contribution in [0.15, 0.2) is 22.7 Å². The minimum atomic E-state index is -0.435. The van der Waals surface area contributed by atoms with E-state index in [1.54, 1.807) is 12.1 Å². The molecular formula is C12H16BrNO3S. The molecule has 1 aromatic rings. The van der Waals surface area contributed by atoms with Crippen LogP contribution >= 0.6 is 28.6 Å². The summed E-state index contributed by atoms with van der Waals surface area (Å²) < 4.78 is 6.03. The van der Waals surface area contributed by atoms with Crippen LogP contribution in [-0.4, -0.2) is 17.3 Å². The predicted molar refractivity (Wildman–Crippen MR) is 78.5 cm³/mol. The molecule has 1 unspecified atom stereocenters. The molecule has 0 N–H and O–H groups in total. The van der Waals surface area contributed by atoms with Crippen molar-refractivity contribution in [2.75, 3.05) is 12.4 Å². The molecule has 100 valence electrons. The molecule has 0 heterocycles. The minimum absolute atomic E-state index is 0.0134. The summed E-state index contributed by atoms with van der Waals surface area (Å²) in [6.07, 6.45) is 0. The number of thiol groups is 1. The fourth-order valence-electron chi connectivity index (χ4n) is 1.40. The molecule has 0 amide bonds. The normalized spacial score (nSPS) is 12.5. The van der Waals surface area contributed by atoms with Crippen LogP contribution in [0, 0.1) is 22.0 Å². The van der Waals surface area contributed by atoms with Gasteiger partial charge in [-0.1, -0.05) is 19.9 Å². The Bertz CT molecular complexity index is 426. The van der Waals surface area contributed by atoms with Crippen molar-refractivity contribution >= 4 is 34.2 Å². The van der Waals surface area contributed by atoms with E-state index >= 15 is 0 Å². The highest BCUT2D eigenvalue weighted by atomic mass is 79.9. The molecule has 1 atom stereocenters. The first-order valence-electron chi connectivity index (χ1n) is 5.64. The van der Waals surface area contributed by atoms with Crippen molar-refractivity contribution in [1.29, 1.82) is 0 Å². The topological polar surface area (TPSA) is 52.4 Å². The lowest BCUT2D eigenvalue weighted by Crippen LogP contribution is -2.19. The van der Waals surface area contributed by atoms with Gasteiger partial charge < -0.3 is 4.74 Å². The van der Waals surface area contributed by atoms with Crippen LogP contribution in [0.1, 0.15) is 13.8 Å². The van der Waals surface area contributed by atoms with Gasteiger partial charge in [0.1, 0.15) is 10.2 Å². The van der Waals surface area contributed by atoms with Crippen molar-refractivity contribution in [2.45, 2.75) is 13.8 Å². The number of hydrogen-bond donors (Lipinski definition) is 1. The average molecular weight is 334 g/mol. The predicted octanol–water partition coefficient (Wildman–Crippen LogP) is 3.94. The first kappa shape index (κ1) is 15.3. The van der Waals surface area contributed by atoms with E-state index in [2.05, 4.69) is 42.4 Å². The van der Waals surface area contributed by atoms with Gasteiger partial charge in [0.2, 0.25) is 0 Å². The fourth-order valence-corrected chi connectivity index (χ4v) is 2.46. The molecule has 6 heteroatoms. The van der Waals surface area contributed by atoms with Crippen molar-refractivity contribution in [2.24, 2.45) is 11.8 Å². The lowest BCUT2D eigenvalue weighted by molar-refractivity contribution is -0.385. The zero-order chi connectivity index (χ0) is 13.7. The summed E-state index contributed by atoms with van der Waals surface area (Å²) in [6, 6.07) is 4.77. The van der Waals surface area contributed by atoms with Gasteiger partial charge in [0, 0.05) is 12.0 Å². The van der Waals surface area contributed by atoms with Crippen LogP contribution in [0.2, 0.25) is 0 Å². The van der Waals surface area contributed by atoms with Crippen molar-refractivity contribution in [3.05, 3.63) is 32.8 Å². The number of nitro groups is 1. The summed E-state index contributed by atoms with van der Waals surface area (Å²) in [5.41, 5.74) is 0.0134. The zero-order valence-corrected chi connectivity index (χ0v) is 12.8. The fraction of sp³-hybridized carbons (Fsp3) is 0.500. The summed E-state index contributed by atoms with van der Waals surface area (Å²) in [5, 5.41) is 10.8. The number of nitro benzene ring substituents is 1. The Hall–Kier alpha value is -0.750. The van der Waals surface area contributed by atoms with E-state index in [4.69, 9.17) is 4.74 Å². The van der Waals surface area contributed by atoms with Gasteiger partial charge in [0.15, 0.2) is 0 Å². The SMILES string of the molecule is CC(C)C(CS)COc1cccc([N+](=O)[O-])c1Br. The van der Waals surface area contributed by atoms with Gasteiger partial charge in [-0.05, 0) is 33.7 Å². The average Bonchev–Trinajstić information content (AvgIpc) is 2.31. The molecule has 1 aromatic carbocycles. The van der Waals surface area contributed by atoms with E-state index in [1.807, 2.05) is 0 Å². The molecule has 0 saturated heterocycles. The molecule has 1 rings (SSSR count). The van der Waals surface area contributed by atoms with Crippen molar-refractivity contribution in [3.8, 4) is 5.75 Å². The quantitative estimate of drug-likeness (QED) is 0.487. The van der Waals surface area contributed by atoms with Crippen molar-refractivity contribution < 1.29 is 9.66 Å². The van der Waals surface area contributed by atoms with Gasteiger partial charge in [0.25, 0.3) is 5.69 Å². The third kappa shape index (κ3) is 3.88. The second-order valence-corrected chi connectivity index (χ2v) is 5.50. The highest BCUT2D eigenvalue weighted by molar-refractivity contribution is 9.10. The number of hydrogen-bond acceptors (Lipinski definition) is 4. The van der Waals surface area contributed by atoms with Crippen LogP contribution in [0.25, 0.3) is 0 Å². The Labute approximate surface area is 120 Å². The summed E-state index contributed by atoms with van der Waals surface area (Å²) >= 11 is 7.49. The molecule has 0 aliphatic carbocycles. The molecule has 0 radical (unpaired) electrons. The lowest BCUT2D eigenvalue weighted by Gasteiger charge is -2.19. The maximum atomic E-state index is 10.8. The highest BCUT2D eigenvalue weighted by Crippen LogP contribution is 2.34. The molecule has 18 heavy (non-hydrogen) atoms. The van der Waals surface area contributed by atoms with E-state index < -0.39 is 4.92 Å². The van der Waals surface area contributed by atoms with Crippen molar-refractivity contribution in [3.63, 3.8) is 0 Å². The second-order valence-electron chi connectivity index (χ2n) is 4.34. The molecule has 0 spiro atoms. The van der Waals surface area contributed by atoms with Crippen molar-refractivity contribution in [1.82, 2.24) is 0 Å². The van der Waals surface area contributed by atoms with E-state index in [0.29, 0.717) is 28.7 Å². The first-order valence-corrected chi connectivity index (χ1v) is 7.06. The van der Waals surface area contributed by atoms with Gasteiger partial charge in [-0.25, -0.2) is 0 Å². The van der Waals surface area contributed by atoms with Crippen LogP contribution in [0.4, 0.5) is 5.69 Å². The molecule has 4 nitrogen and oxygen atoms in total. The number of rotatable bonds is 6. The Balaban J connectivity index is 2.79. The van der Waals surface area contributed by atoms with Gasteiger partial charge in [0.05, 0.1) is 11.5 Å². The molecule has 0 aliphatic rings. The van der Waals surface area contributed by atoms with Crippen LogP contribution < -0.4 is 4.74 Å². The van der Waals surface area contributed by atoms with Gasteiger partial charge >= 0.3 is 0 Å². The van der Waals surface area contributed by atoms with Gasteiger partial charge in [-0.15, -0.1) is 0 Å². The minimum Gasteiger partial charge on any atom is -0.492 e. The second kappa shape index (κ2) is 6.99. The largest absolute Gasteiger partial charge is 0.492 e. The monoisotopic (exact) mass is 333 g/mol. The number of nitrogens with zero attached hydrogens (tertiary/aromatic N) is 1. The smallest absolute Gasteiger partial charge is 0.287 e. The summed E-state index contributed by atoms with van der Waals surface area (Å²) in [7, 11) is 0. The molecule has 0 saturated carbocycles. The Morgan fingerprint density at radius 1 is 1.50 bits per heavy atom. The number of benzene rings is 1. The Morgan fingerprint density at radius 3 is 2.67 bits per heavy atom. The molecule has 0 aliphatic heterocycles. The van der Waals surface area contributed by atoms with Gasteiger partial charge in [-0.3, -0.25) is 10.1 Å². The standard InChI is InChI=1S/C12H16BrNO3S/c1-8(2)9(7-18)6-17-11-5-3-4-10(12(11)13)14(15)16/h3-5,8-9,18H,6-7H2,1-2H3. The maximum Gasteiger partial charge on any atom is 0.287 e. The third-order valence-electron chi connectivity index (χ3n) is 2.77. The Kier molecular flexibility index (Phi) is 5.95. The first-order chi connectivity index (χ1) is 8.47. The Morgan fingerprint density at radius 2 is 2.17 bits per heavy atom. The third-order valence-corrected chi connectivity index (χ3v) is 4.04. The van der Waals surface area contributed by atoms with Gasteiger partial charge in [-0.2, -0.15) is 12.6 Å². The highest BCUT2D eigenvalue weighted by Gasteiger charge is 2.18. The molecule has 0 fully saturated rings. The summed E-state index contributed by atoms with van der Waals surface area (Å²) in [5.74, 6) is 2.00. The van der Waals surface area contributed by atoms with E-state index in [0.717, 1.165) is 5.75 Å². The van der Waals surface area contributed by atoms with E-state index in [1.165, 1.54) is 6.07 Å². The summed E-state index contributed by atoms with van der Waals surface area (Å²) in [6.45, 7) is 4.71. The lowest BCUT2D eigenvalue weighted by atomic mass is 9.99. The van der Waals surface area contributed by atoms with Crippen LogP contribution in [0.3, 0.4) is 0 Å². The summed E-state index contributed by atoms with van der Waals surface area (Å²) in [4.78, 5) is 10.3. The number of halogens is 1. The van der Waals surface area contributed by atoms with E-state index in [9.17, 15) is 10.1 Å². The number of ether oxygens (including phenoxy) is 1. The maximum absolute atomic E-state index is 10.8. The van der Waals surface area contributed by atoms with Crippen LogP contribution in [-0.2, 0) is 0 Å². The molecule has 0 aromatic heterocycles. The van der Waals surface area contributed by atoms with Crippen LogP contribution in [0.5, 0.6) is 5.75 Å². The zero-order valence-electron chi connectivity index (χ0n) is 10.3. The molecular weight excluding hydrogens is 318 g/mol.